The van der Waals surface area contributed by atoms with E-state index in [0.717, 1.165) is 29.4 Å². The summed E-state index contributed by atoms with van der Waals surface area (Å²) in [5.41, 5.74) is 2.65. The van der Waals surface area contributed by atoms with Crippen molar-refractivity contribution in [2.45, 2.75) is 26.7 Å². The molecule has 26 heavy (non-hydrogen) atoms. The van der Waals surface area contributed by atoms with Gasteiger partial charge in [0.1, 0.15) is 5.69 Å². The molecule has 0 amide bonds. The molecule has 3 aromatic rings. The zero-order chi connectivity index (χ0) is 19.0. The Morgan fingerprint density at radius 2 is 1.73 bits per heavy atom. The molecule has 1 heterocycles. The smallest absolute Gasteiger partial charge is 0.360 e. The Kier molecular flexibility index (Phi) is 4.71. The van der Waals surface area contributed by atoms with Crippen LogP contribution in [0.1, 0.15) is 35.0 Å². The highest BCUT2D eigenvalue weighted by atomic mass is 19.2. The van der Waals surface area contributed by atoms with E-state index in [2.05, 4.69) is 9.72 Å². The number of nitrogens with one attached hydrogen (secondary N) is 1. The number of rotatable bonds is 4. The minimum absolute atomic E-state index is 0.0464. The lowest BCUT2D eigenvalue weighted by atomic mass is 10.00. The van der Waals surface area contributed by atoms with Crippen molar-refractivity contribution in [1.82, 2.24) is 4.98 Å². The summed E-state index contributed by atoms with van der Waals surface area (Å²) in [6, 6.07) is 5.20. The van der Waals surface area contributed by atoms with Gasteiger partial charge in [-0.2, -0.15) is 8.78 Å². The van der Waals surface area contributed by atoms with Crippen molar-refractivity contribution < 1.29 is 27.1 Å². The second kappa shape index (κ2) is 6.82. The van der Waals surface area contributed by atoms with Crippen LogP contribution < -0.4 is 4.74 Å². The third-order valence-electron chi connectivity index (χ3n) is 4.14. The van der Waals surface area contributed by atoms with Gasteiger partial charge in [0, 0.05) is 17.0 Å². The van der Waals surface area contributed by atoms with Gasteiger partial charge in [0.25, 0.3) is 0 Å². The molecule has 0 fully saturated rings. The SMILES string of the molecule is CCCc1c(C)ccc2[nH]c(C(=O)Oc3c(F)c(F)cc(F)c3F)cc12. The average molecular weight is 365 g/mol. The van der Waals surface area contributed by atoms with Crippen LogP contribution >= 0.6 is 0 Å². The van der Waals surface area contributed by atoms with Crippen molar-refractivity contribution in [2.24, 2.45) is 0 Å². The number of ether oxygens (including phenoxy) is 1. The van der Waals surface area contributed by atoms with E-state index >= 15 is 0 Å². The molecule has 0 aliphatic heterocycles. The van der Waals surface area contributed by atoms with Gasteiger partial charge in [-0.05, 0) is 36.6 Å². The minimum atomic E-state index is -1.77. The number of benzene rings is 2. The van der Waals surface area contributed by atoms with Crippen molar-refractivity contribution in [3.05, 3.63) is 64.4 Å². The molecule has 1 N–H and O–H groups in total. The van der Waals surface area contributed by atoms with Crippen LogP contribution in [0.3, 0.4) is 0 Å². The van der Waals surface area contributed by atoms with Crippen molar-refractivity contribution >= 4 is 16.9 Å². The van der Waals surface area contributed by atoms with Crippen molar-refractivity contribution in [3.8, 4) is 5.75 Å². The Bertz CT molecular complexity index is 984. The first-order valence-corrected chi connectivity index (χ1v) is 7.99. The molecular formula is C19H15F4NO2. The van der Waals surface area contributed by atoms with Crippen LogP contribution in [0.25, 0.3) is 10.9 Å². The predicted molar refractivity (Wildman–Crippen MR) is 88.3 cm³/mol. The molecule has 0 bridgehead atoms. The van der Waals surface area contributed by atoms with Gasteiger partial charge in [-0.25, -0.2) is 13.6 Å². The lowest BCUT2D eigenvalue weighted by molar-refractivity contribution is 0.0712. The fourth-order valence-electron chi connectivity index (χ4n) is 2.85. The second-order valence-electron chi connectivity index (χ2n) is 5.94. The maximum Gasteiger partial charge on any atom is 0.360 e. The molecule has 0 unspecified atom stereocenters. The Hall–Kier alpha value is -2.83. The van der Waals surface area contributed by atoms with Crippen LogP contribution in [0, 0.1) is 30.2 Å². The molecule has 1 aromatic heterocycles. The van der Waals surface area contributed by atoms with E-state index in [-0.39, 0.29) is 11.8 Å². The first-order valence-electron chi connectivity index (χ1n) is 7.99. The number of hydrogen-bond donors (Lipinski definition) is 1. The van der Waals surface area contributed by atoms with E-state index in [4.69, 9.17) is 0 Å². The van der Waals surface area contributed by atoms with Gasteiger partial charge in [0.2, 0.25) is 17.4 Å². The number of carbonyl (C=O) groups excluding carboxylic acids is 1. The fraction of sp³-hybridized carbons (Fsp3) is 0.211. The lowest BCUT2D eigenvalue weighted by Crippen LogP contribution is -2.12. The molecule has 0 atom stereocenters. The average Bonchev–Trinajstić information content (AvgIpc) is 3.04. The summed E-state index contributed by atoms with van der Waals surface area (Å²) in [4.78, 5) is 15.0. The van der Waals surface area contributed by atoms with E-state index in [0.29, 0.717) is 5.52 Å². The first kappa shape index (κ1) is 18.0. The Morgan fingerprint density at radius 3 is 2.35 bits per heavy atom. The number of hydrogen-bond acceptors (Lipinski definition) is 2. The van der Waals surface area contributed by atoms with E-state index in [9.17, 15) is 22.4 Å². The van der Waals surface area contributed by atoms with Crippen molar-refractivity contribution in [2.75, 3.05) is 0 Å². The highest BCUT2D eigenvalue weighted by Gasteiger charge is 2.24. The van der Waals surface area contributed by atoms with Gasteiger partial charge < -0.3 is 9.72 Å². The minimum Gasteiger partial charge on any atom is -0.415 e. The summed E-state index contributed by atoms with van der Waals surface area (Å²) in [5.74, 6) is -9.39. The summed E-state index contributed by atoms with van der Waals surface area (Å²) >= 11 is 0. The van der Waals surface area contributed by atoms with E-state index < -0.39 is 35.0 Å². The monoisotopic (exact) mass is 365 g/mol. The summed E-state index contributed by atoms with van der Waals surface area (Å²) in [5, 5.41) is 0.783. The summed E-state index contributed by atoms with van der Waals surface area (Å²) < 4.78 is 58.4. The first-order chi connectivity index (χ1) is 12.3. The Labute approximate surface area is 146 Å². The normalized spacial score (nSPS) is 11.2. The second-order valence-corrected chi connectivity index (χ2v) is 5.94. The standard InChI is InChI=1S/C19H15F4NO2/c1-3-4-10-9(2)5-6-14-11(10)7-15(24-14)19(25)26-18-16(22)12(20)8-13(21)17(18)23/h5-8,24H,3-4H2,1-2H3. The summed E-state index contributed by atoms with van der Waals surface area (Å²) in [6.45, 7) is 3.96. The van der Waals surface area contributed by atoms with Gasteiger partial charge in [0.05, 0.1) is 0 Å². The van der Waals surface area contributed by atoms with Crippen LogP contribution in [-0.4, -0.2) is 11.0 Å². The summed E-state index contributed by atoms with van der Waals surface area (Å²) in [6.07, 6.45) is 1.68. The molecule has 136 valence electrons. The third-order valence-corrected chi connectivity index (χ3v) is 4.14. The van der Waals surface area contributed by atoms with E-state index in [1.165, 1.54) is 6.07 Å². The lowest BCUT2D eigenvalue weighted by Gasteiger charge is -2.06. The topological polar surface area (TPSA) is 42.1 Å². The zero-order valence-electron chi connectivity index (χ0n) is 14.1. The van der Waals surface area contributed by atoms with Gasteiger partial charge in [0.15, 0.2) is 11.6 Å². The van der Waals surface area contributed by atoms with Crippen molar-refractivity contribution in [3.63, 3.8) is 0 Å². The van der Waals surface area contributed by atoms with Crippen LogP contribution in [0.2, 0.25) is 0 Å². The van der Waals surface area contributed by atoms with Crippen LogP contribution in [0.4, 0.5) is 17.6 Å². The molecule has 0 saturated heterocycles. The number of aryl methyl sites for hydroxylation is 2. The van der Waals surface area contributed by atoms with Gasteiger partial charge in [-0.1, -0.05) is 19.4 Å². The molecule has 0 aliphatic carbocycles. The largest absolute Gasteiger partial charge is 0.415 e. The van der Waals surface area contributed by atoms with Gasteiger partial charge in [-0.15, -0.1) is 0 Å². The molecule has 0 saturated carbocycles. The molecule has 2 aromatic carbocycles. The number of H-pyrrole nitrogens is 1. The van der Waals surface area contributed by atoms with Crippen LogP contribution in [0.5, 0.6) is 5.75 Å². The molecule has 0 spiro atoms. The van der Waals surface area contributed by atoms with Gasteiger partial charge >= 0.3 is 5.97 Å². The molecule has 0 radical (unpaired) electrons. The maximum absolute atomic E-state index is 13.7. The van der Waals surface area contributed by atoms with E-state index in [1.807, 2.05) is 19.9 Å². The predicted octanol–water partition coefficient (Wildman–Crippen LogP) is 5.20. The molecule has 7 heteroatoms. The zero-order valence-corrected chi connectivity index (χ0v) is 14.1. The number of aromatic nitrogens is 1. The van der Waals surface area contributed by atoms with Gasteiger partial charge in [-0.3, -0.25) is 0 Å². The number of esters is 1. The summed E-state index contributed by atoms with van der Waals surface area (Å²) in [7, 11) is 0. The number of aromatic amines is 1. The molecule has 0 aliphatic rings. The van der Waals surface area contributed by atoms with Crippen molar-refractivity contribution in [1.29, 1.82) is 0 Å². The highest BCUT2D eigenvalue weighted by Crippen LogP contribution is 2.29. The molecule has 3 rings (SSSR count). The highest BCUT2D eigenvalue weighted by molar-refractivity contribution is 5.97. The Balaban J connectivity index is 2.01. The third kappa shape index (κ3) is 3.05. The number of fused-ring (bicyclic) bond motifs is 1. The van der Waals surface area contributed by atoms with Crippen LogP contribution in [0.15, 0.2) is 24.3 Å². The fourth-order valence-corrected chi connectivity index (χ4v) is 2.85. The molecular weight excluding hydrogens is 350 g/mol. The molecule has 3 nitrogen and oxygen atoms in total. The van der Waals surface area contributed by atoms with Crippen LogP contribution in [-0.2, 0) is 6.42 Å². The quantitative estimate of drug-likeness (QED) is 0.299. The maximum atomic E-state index is 13.7. The number of halogens is 4. The number of carbonyl (C=O) groups is 1. The van der Waals surface area contributed by atoms with E-state index in [1.54, 1.807) is 6.07 Å². The Morgan fingerprint density at radius 1 is 1.08 bits per heavy atom.